The number of nitrogens with zero attached hydrogens (tertiary/aromatic N) is 1. The summed E-state index contributed by atoms with van der Waals surface area (Å²) < 4.78 is 38.1. The zero-order valence-electron chi connectivity index (χ0n) is 12.5. The fraction of sp³-hybridized carbons (Fsp3) is 0.250. The van der Waals surface area contributed by atoms with Gasteiger partial charge in [0.15, 0.2) is 0 Å². The number of hydrogen-bond acceptors (Lipinski definition) is 2. The Balaban J connectivity index is 1.77. The average Bonchev–Trinajstić information content (AvgIpc) is 2.55. The smallest absolute Gasteiger partial charge is 0.327 e. The van der Waals surface area contributed by atoms with Gasteiger partial charge in [0.25, 0.3) is 5.56 Å². The van der Waals surface area contributed by atoms with Gasteiger partial charge in [-0.3, -0.25) is 4.79 Å². The van der Waals surface area contributed by atoms with Crippen molar-refractivity contribution in [3.63, 3.8) is 0 Å². The summed E-state index contributed by atoms with van der Waals surface area (Å²) in [7, 11) is 0. The maximum Gasteiger partial charge on any atom is 0.417 e. The molecule has 0 bridgehead atoms. The first kappa shape index (κ1) is 16.1. The first-order chi connectivity index (χ1) is 11.3. The summed E-state index contributed by atoms with van der Waals surface area (Å²) in [6, 6.07) is 7.67. The molecular weight excluding hydrogens is 323 g/mol. The third kappa shape index (κ3) is 3.27. The molecule has 0 spiro atoms. The van der Waals surface area contributed by atoms with Gasteiger partial charge in [-0.15, -0.1) is 0 Å². The van der Waals surface area contributed by atoms with Gasteiger partial charge in [-0.1, -0.05) is 24.3 Å². The van der Waals surface area contributed by atoms with Gasteiger partial charge in [0.2, 0.25) is 0 Å². The van der Waals surface area contributed by atoms with Crippen LogP contribution in [-0.2, 0) is 19.1 Å². The minimum atomic E-state index is -4.60. The summed E-state index contributed by atoms with van der Waals surface area (Å²) in [6.45, 7) is 0.776. The molecule has 1 aromatic carbocycles. The van der Waals surface area contributed by atoms with Crippen LogP contribution in [0.1, 0.15) is 16.7 Å². The van der Waals surface area contributed by atoms with E-state index in [9.17, 15) is 22.8 Å². The monoisotopic (exact) mass is 337 g/mol. The average molecular weight is 337 g/mol. The molecule has 2 N–H and O–H groups in total. The number of H-pyrrole nitrogens is 1. The van der Waals surface area contributed by atoms with Crippen LogP contribution < -0.4 is 10.9 Å². The van der Waals surface area contributed by atoms with Crippen LogP contribution in [0.3, 0.4) is 0 Å². The van der Waals surface area contributed by atoms with E-state index in [2.05, 4.69) is 5.32 Å². The molecule has 2 heterocycles. The first-order valence-corrected chi connectivity index (χ1v) is 7.27. The number of anilines is 1. The molecule has 126 valence electrons. The second kappa shape index (κ2) is 6.03. The maximum atomic E-state index is 12.7. The Morgan fingerprint density at radius 3 is 2.62 bits per heavy atom. The van der Waals surface area contributed by atoms with E-state index in [0.717, 1.165) is 11.1 Å². The van der Waals surface area contributed by atoms with Gasteiger partial charge >= 0.3 is 12.2 Å². The number of halogens is 3. The topological polar surface area (TPSA) is 65.2 Å². The molecule has 0 aliphatic carbocycles. The molecule has 0 saturated heterocycles. The van der Waals surface area contributed by atoms with Gasteiger partial charge in [0, 0.05) is 19.3 Å². The zero-order chi connectivity index (χ0) is 17.3. The quantitative estimate of drug-likeness (QED) is 0.840. The number of rotatable bonds is 1. The number of aromatic nitrogens is 1. The van der Waals surface area contributed by atoms with Gasteiger partial charge in [-0.05, 0) is 23.6 Å². The molecule has 5 nitrogen and oxygen atoms in total. The third-order valence-corrected chi connectivity index (χ3v) is 3.89. The number of benzene rings is 1. The third-order valence-electron chi connectivity index (χ3n) is 3.89. The second-order valence-corrected chi connectivity index (χ2v) is 5.50. The van der Waals surface area contributed by atoms with Crippen molar-refractivity contribution in [2.45, 2.75) is 19.1 Å². The molecule has 1 aliphatic rings. The van der Waals surface area contributed by atoms with E-state index < -0.39 is 29.0 Å². The van der Waals surface area contributed by atoms with E-state index in [1.807, 2.05) is 29.2 Å². The van der Waals surface area contributed by atoms with E-state index in [1.54, 1.807) is 0 Å². The molecule has 1 aliphatic heterocycles. The van der Waals surface area contributed by atoms with Crippen LogP contribution in [0.5, 0.6) is 0 Å². The highest BCUT2D eigenvalue weighted by Crippen LogP contribution is 2.29. The summed E-state index contributed by atoms with van der Waals surface area (Å²) in [5, 5.41) is 2.27. The van der Waals surface area contributed by atoms with Gasteiger partial charge in [-0.25, -0.2) is 4.79 Å². The van der Waals surface area contributed by atoms with Crippen LogP contribution in [0.25, 0.3) is 0 Å². The van der Waals surface area contributed by atoms with E-state index >= 15 is 0 Å². The normalized spacial score (nSPS) is 14.2. The van der Waals surface area contributed by atoms with Gasteiger partial charge < -0.3 is 15.2 Å². The summed E-state index contributed by atoms with van der Waals surface area (Å²) >= 11 is 0. The van der Waals surface area contributed by atoms with Crippen LogP contribution >= 0.6 is 0 Å². The molecule has 8 heteroatoms. The number of carbonyl (C=O) groups is 1. The van der Waals surface area contributed by atoms with Gasteiger partial charge in [0.1, 0.15) is 5.69 Å². The largest absolute Gasteiger partial charge is 0.417 e. The molecule has 2 amide bonds. The van der Waals surface area contributed by atoms with Crippen molar-refractivity contribution in [1.82, 2.24) is 9.88 Å². The molecule has 0 fully saturated rings. The van der Waals surface area contributed by atoms with E-state index in [1.165, 1.54) is 4.90 Å². The number of pyridine rings is 1. The van der Waals surface area contributed by atoms with E-state index in [-0.39, 0.29) is 0 Å². The summed E-state index contributed by atoms with van der Waals surface area (Å²) in [6.07, 6.45) is -3.37. The molecule has 3 rings (SSSR count). The minimum absolute atomic E-state index is 0.346. The summed E-state index contributed by atoms with van der Waals surface area (Å²) in [4.78, 5) is 27.4. The number of carbonyl (C=O) groups excluding carboxylic acids is 1. The summed E-state index contributed by atoms with van der Waals surface area (Å²) in [5.74, 6) is 0. The fourth-order valence-corrected chi connectivity index (χ4v) is 2.60. The Morgan fingerprint density at radius 2 is 1.92 bits per heavy atom. The first-order valence-electron chi connectivity index (χ1n) is 7.27. The van der Waals surface area contributed by atoms with Gasteiger partial charge in [0.05, 0.1) is 5.56 Å². The lowest BCUT2D eigenvalue weighted by Crippen LogP contribution is -2.39. The number of nitrogens with one attached hydrogen (secondary N) is 2. The number of alkyl halides is 3. The molecule has 2 aromatic rings. The number of aromatic amines is 1. The molecule has 0 radical (unpaired) electrons. The second-order valence-electron chi connectivity index (χ2n) is 5.50. The highest BCUT2D eigenvalue weighted by molar-refractivity contribution is 5.89. The molecule has 1 aromatic heterocycles. The predicted octanol–water partition coefficient (Wildman–Crippen LogP) is 2.98. The lowest BCUT2D eigenvalue weighted by Gasteiger charge is -2.28. The van der Waals surface area contributed by atoms with Crippen molar-refractivity contribution in [2.24, 2.45) is 0 Å². The van der Waals surface area contributed by atoms with Crippen LogP contribution in [0.15, 0.2) is 41.3 Å². The van der Waals surface area contributed by atoms with E-state index in [0.29, 0.717) is 31.8 Å². The highest BCUT2D eigenvalue weighted by atomic mass is 19.4. The van der Waals surface area contributed by atoms with E-state index in [4.69, 9.17) is 0 Å². The van der Waals surface area contributed by atoms with Crippen molar-refractivity contribution in [3.05, 3.63) is 63.6 Å². The number of fused-ring (bicyclic) bond motifs is 1. The van der Waals surface area contributed by atoms with Crippen LogP contribution in [0, 0.1) is 0 Å². The number of hydrogen-bond donors (Lipinski definition) is 2. The van der Waals surface area contributed by atoms with Crippen molar-refractivity contribution < 1.29 is 18.0 Å². The molecule has 0 unspecified atom stereocenters. The van der Waals surface area contributed by atoms with Gasteiger partial charge in [-0.2, -0.15) is 13.2 Å². The predicted molar refractivity (Wildman–Crippen MR) is 81.6 cm³/mol. The maximum absolute atomic E-state index is 12.7. The Bertz CT molecular complexity index is 830. The molecule has 0 saturated carbocycles. The zero-order valence-corrected chi connectivity index (χ0v) is 12.5. The highest BCUT2D eigenvalue weighted by Gasteiger charge is 2.31. The Labute approximate surface area is 135 Å². The van der Waals surface area contributed by atoms with Crippen molar-refractivity contribution in [2.75, 3.05) is 11.9 Å². The summed E-state index contributed by atoms with van der Waals surface area (Å²) in [5.41, 5.74) is -0.112. The van der Waals surface area contributed by atoms with Crippen LogP contribution in [0.2, 0.25) is 0 Å². The lowest BCUT2D eigenvalue weighted by molar-refractivity contribution is -0.137. The Morgan fingerprint density at radius 1 is 1.21 bits per heavy atom. The molecular formula is C16H14F3N3O2. The molecule has 0 atom stereocenters. The molecule has 24 heavy (non-hydrogen) atoms. The van der Waals surface area contributed by atoms with Crippen molar-refractivity contribution >= 4 is 11.7 Å². The Kier molecular flexibility index (Phi) is 4.04. The van der Waals surface area contributed by atoms with Crippen LogP contribution in [-0.4, -0.2) is 22.5 Å². The van der Waals surface area contributed by atoms with Crippen LogP contribution in [0.4, 0.5) is 23.7 Å². The standard InChI is InChI=1S/C16H14F3N3O2/c17-16(18,19)12-7-13(14(23)20-8-12)21-15(24)22-6-5-10-3-1-2-4-11(10)9-22/h1-4,7-8H,5-6,9H2,(H,20,23)(H,21,24). The van der Waals surface area contributed by atoms with Crippen molar-refractivity contribution in [1.29, 1.82) is 0 Å². The van der Waals surface area contributed by atoms with Crippen molar-refractivity contribution in [3.8, 4) is 0 Å². The lowest BCUT2D eigenvalue weighted by atomic mass is 10.0. The number of urea groups is 1. The fourth-order valence-electron chi connectivity index (χ4n) is 2.60. The SMILES string of the molecule is O=C(Nc1cc(C(F)(F)F)c[nH]c1=O)N1CCc2ccccc2C1. The minimum Gasteiger partial charge on any atom is -0.327 e. The number of amides is 2. The Hall–Kier alpha value is -2.77.